The maximum atomic E-state index is 13.1. The molecule has 1 atom stereocenters. The fraction of sp³-hybridized carbons (Fsp3) is 0.889. The number of hydrogen-bond acceptors (Lipinski definition) is 2. The van der Waals surface area contributed by atoms with Crippen LogP contribution < -0.4 is 0 Å². The summed E-state index contributed by atoms with van der Waals surface area (Å²) in [4.78, 5) is 12.2. The van der Waals surface area contributed by atoms with Gasteiger partial charge in [-0.25, -0.2) is 8.78 Å². The Morgan fingerprint density at radius 1 is 1.64 bits per heavy atom. The zero-order chi connectivity index (χ0) is 10.8. The molecule has 1 saturated heterocycles. The zero-order valence-electron chi connectivity index (χ0n) is 8.17. The third kappa shape index (κ3) is 3.57. The van der Waals surface area contributed by atoms with E-state index in [1.165, 1.54) is 0 Å². The molecule has 0 aromatic rings. The van der Waals surface area contributed by atoms with Gasteiger partial charge in [-0.3, -0.25) is 4.79 Å². The minimum absolute atomic E-state index is 0.0608. The van der Waals surface area contributed by atoms with Crippen molar-refractivity contribution in [3.63, 3.8) is 0 Å². The molecule has 1 aliphatic rings. The SMILES string of the molecule is CN1CCC(CC(F)(F)CC(=O)O)C1. The highest BCUT2D eigenvalue weighted by Crippen LogP contribution is 2.31. The molecule has 1 unspecified atom stereocenters. The summed E-state index contributed by atoms with van der Waals surface area (Å²) in [6.07, 6.45) is -0.609. The van der Waals surface area contributed by atoms with Crippen LogP contribution in [-0.2, 0) is 4.79 Å². The van der Waals surface area contributed by atoms with E-state index in [-0.39, 0.29) is 12.3 Å². The van der Waals surface area contributed by atoms with E-state index < -0.39 is 18.3 Å². The van der Waals surface area contributed by atoms with Crippen LogP contribution >= 0.6 is 0 Å². The van der Waals surface area contributed by atoms with Crippen molar-refractivity contribution in [3.8, 4) is 0 Å². The van der Waals surface area contributed by atoms with Crippen LogP contribution in [0.15, 0.2) is 0 Å². The van der Waals surface area contributed by atoms with Crippen LogP contribution in [0.1, 0.15) is 19.3 Å². The van der Waals surface area contributed by atoms with Crippen molar-refractivity contribution in [3.05, 3.63) is 0 Å². The van der Waals surface area contributed by atoms with Gasteiger partial charge < -0.3 is 10.0 Å². The first-order chi connectivity index (χ1) is 6.39. The van der Waals surface area contributed by atoms with Gasteiger partial charge in [-0.2, -0.15) is 0 Å². The molecule has 1 fully saturated rings. The Kier molecular flexibility index (Phi) is 3.42. The number of alkyl halides is 2. The third-order valence-corrected chi connectivity index (χ3v) is 2.49. The Morgan fingerprint density at radius 2 is 2.29 bits per heavy atom. The number of aliphatic carboxylic acids is 1. The second kappa shape index (κ2) is 4.21. The highest BCUT2D eigenvalue weighted by atomic mass is 19.3. The van der Waals surface area contributed by atoms with Gasteiger partial charge in [0.2, 0.25) is 0 Å². The molecule has 0 aromatic carbocycles. The van der Waals surface area contributed by atoms with E-state index in [1.807, 2.05) is 11.9 Å². The number of likely N-dealkylation sites (tertiary alicyclic amines) is 1. The highest BCUT2D eigenvalue weighted by Gasteiger charge is 2.36. The molecule has 0 radical (unpaired) electrons. The molecule has 1 N–H and O–H groups in total. The standard InChI is InChI=1S/C9H15F2NO2/c1-12-3-2-7(6-12)4-9(10,11)5-8(13)14/h7H,2-6H2,1H3,(H,13,14). The van der Waals surface area contributed by atoms with Crippen LogP contribution in [0.25, 0.3) is 0 Å². The monoisotopic (exact) mass is 207 g/mol. The number of hydrogen-bond donors (Lipinski definition) is 1. The van der Waals surface area contributed by atoms with E-state index in [9.17, 15) is 13.6 Å². The summed E-state index contributed by atoms with van der Waals surface area (Å²) in [5.41, 5.74) is 0. The Labute approximate surface area is 81.7 Å². The molecule has 1 rings (SSSR count). The van der Waals surface area contributed by atoms with Gasteiger partial charge in [-0.1, -0.05) is 0 Å². The second-order valence-electron chi connectivity index (χ2n) is 4.05. The number of nitrogens with zero attached hydrogens (tertiary/aromatic N) is 1. The number of halogens is 2. The Bertz CT molecular complexity index is 221. The smallest absolute Gasteiger partial charge is 0.309 e. The van der Waals surface area contributed by atoms with Crippen molar-refractivity contribution in [1.82, 2.24) is 4.90 Å². The van der Waals surface area contributed by atoms with Crippen molar-refractivity contribution in [2.24, 2.45) is 5.92 Å². The van der Waals surface area contributed by atoms with Crippen LogP contribution in [0, 0.1) is 5.92 Å². The minimum Gasteiger partial charge on any atom is -0.481 e. The quantitative estimate of drug-likeness (QED) is 0.758. The molecule has 5 heteroatoms. The van der Waals surface area contributed by atoms with E-state index in [2.05, 4.69) is 0 Å². The molecule has 0 aliphatic carbocycles. The lowest BCUT2D eigenvalue weighted by atomic mass is 9.98. The normalized spacial score (nSPS) is 24.1. The predicted molar refractivity (Wildman–Crippen MR) is 47.4 cm³/mol. The maximum Gasteiger partial charge on any atom is 0.309 e. The van der Waals surface area contributed by atoms with Gasteiger partial charge in [-0.15, -0.1) is 0 Å². The minimum atomic E-state index is -3.05. The van der Waals surface area contributed by atoms with E-state index in [0.717, 1.165) is 13.0 Å². The van der Waals surface area contributed by atoms with Gasteiger partial charge in [0.1, 0.15) is 6.42 Å². The van der Waals surface area contributed by atoms with Crippen LogP contribution in [-0.4, -0.2) is 42.0 Å². The summed E-state index contributed by atoms with van der Waals surface area (Å²) in [5.74, 6) is -4.54. The molecular weight excluding hydrogens is 192 g/mol. The van der Waals surface area contributed by atoms with E-state index in [1.54, 1.807) is 0 Å². The second-order valence-corrected chi connectivity index (χ2v) is 4.05. The van der Waals surface area contributed by atoms with Gasteiger partial charge in [-0.05, 0) is 25.9 Å². The first kappa shape index (κ1) is 11.4. The van der Waals surface area contributed by atoms with Gasteiger partial charge in [0, 0.05) is 13.0 Å². The molecular formula is C9H15F2NO2. The van der Waals surface area contributed by atoms with Crippen LogP contribution in [0.4, 0.5) is 8.78 Å². The van der Waals surface area contributed by atoms with Gasteiger partial charge in [0.15, 0.2) is 0 Å². The van der Waals surface area contributed by atoms with Crippen molar-refractivity contribution < 1.29 is 18.7 Å². The fourth-order valence-corrected chi connectivity index (χ4v) is 1.91. The van der Waals surface area contributed by atoms with Crippen molar-refractivity contribution in [2.45, 2.75) is 25.2 Å². The summed E-state index contributed by atoms with van der Waals surface area (Å²) in [5, 5.41) is 8.28. The summed E-state index contributed by atoms with van der Waals surface area (Å²) < 4.78 is 26.1. The van der Waals surface area contributed by atoms with Crippen LogP contribution in [0.5, 0.6) is 0 Å². The molecule has 1 aliphatic heterocycles. The van der Waals surface area contributed by atoms with Crippen molar-refractivity contribution >= 4 is 5.97 Å². The topological polar surface area (TPSA) is 40.5 Å². The van der Waals surface area contributed by atoms with E-state index in [4.69, 9.17) is 5.11 Å². The lowest BCUT2D eigenvalue weighted by Gasteiger charge is -2.18. The molecule has 0 amide bonds. The van der Waals surface area contributed by atoms with Gasteiger partial charge in [0.05, 0.1) is 0 Å². The maximum absolute atomic E-state index is 13.1. The highest BCUT2D eigenvalue weighted by molar-refractivity contribution is 5.67. The summed E-state index contributed by atoms with van der Waals surface area (Å²) in [6, 6.07) is 0. The number of carbonyl (C=O) groups is 1. The average Bonchev–Trinajstić information content (AvgIpc) is 2.30. The molecule has 0 bridgehead atoms. The van der Waals surface area contributed by atoms with Crippen molar-refractivity contribution in [2.75, 3.05) is 20.1 Å². The van der Waals surface area contributed by atoms with Crippen molar-refractivity contribution in [1.29, 1.82) is 0 Å². The molecule has 82 valence electrons. The predicted octanol–water partition coefficient (Wildman–Crippen LogP) is 1.44. The first-order valence-corrected chi connectivity index (χ1v) is 4.67. The number of carboxylic acids is 1. The van der Waals surface area contributed by atoms with Crippen LogP contribution in [0.3, 0.4) is 0 Å². The largest absolute Gasteiger partial charge is 0.481 e. The van der Waals surface area contributed by atoms with Gasteiger partial charge in [0.25, 0.3) is 5.92 Å². The van der Waals surface area contributed by atoms with E-state index in [0.29, 0.717) is 6.54 Å². The average molecular weight is 207 g/mol. The Balaban J connectivity index is 2.38. The molecule has 14 heavy (non-hydrogen) atoms. The summed E-state index contributed by atoms with van der Waals surface area (Å²) >= 11 is 0. The number of carboxylic acid groups (broad SMARTS) is 1. The third-order valence-electron chi connectivity index (χ3n) is 2.49. The molecule has 1 heterocycles. The lowest BCUT2D eigenvalue weighted by Crippen LogP contribution is -2.25. The number of rotatable bonds is 4. The first-order valence-electron chi connectivity index (χ1n) is 4.67. The van der Waals surface area contributed by atoms with Gasteiger partial charge >= 0.3 is 5.97 Å². The fourth-order valence-electron chi connectivity index (χ4n) is 1.91. The molecule has 0 saturated carbocycles. The molecule has 0 spiro atoms. The molecule has 3 nitrogen and oxygen atoms in total. The lowest BCUT2D eigenvalue weighted by molar-refractivity contribution is -0.145. The Morgan fingerprint density at radius 3 is 2.71 bits per heavy atom. The summed E-state index contributed by atoms with van der Waals surface area (Å²) in [6.45, 7) is 1.48. The zero-order valence-corrected chi connectivity index (χ0v) is 8.17. The van der Waals surface area contributed by atoms with Crippen LogP contribution in [0.2, 0.25) is 0 Å². The summed E-state index contributed by atoms with van der Waals surface area (Å²) in [7, 11) is 1.88. The molecule has 0 aromatic heterocycles. The van der Waals surface area contributed by atoms with E-state index >= 15 is 0 Å². The Hall–Kier alpha value is -0.710.